The molecule has 0 atom stereocenters. The zero-order valence-corrected chi connectivity index (χ0v) is 8.95. The summed E-state index contributed by atoms with van der Waals surface area (Å²) >= 11 is 0. The fourth-order valence-corrected chi connectivity index (χ4v) is 1.84. The molecule has 0 unspecified atom stereocenters. The Morgan fingerprint density at radius 3 is 2.43 bits per heavy atom. The highest BCUT2D eigenvalue weighted by molar-refractivity contribution is 5.77. The molecule has 2 heterocycles. The second kappa shape index (κ2) is 3.51. The fraction of sp³-hybridized carbons (Fsp3) is 0.900. The summed E-state index contributed by atoms with van der Waals surface area (Å²) in [5, 5.41) is 0. The molecule has 1 amide bonds. The first-order chi connectivity index (χ1) is 6.61. The molecule has 0 aromatic heterocycles. The van der Waals surface area contributed by atoms with E-state index >= 15 is 0 Å². The number of ether oxygens (including phenoxy) is 1. The Morgan fingerprint density at radius 2 is 2.00 bits per heavy atom. The van der Waals surface area contributed by atoms with E-state index in [1.54, 1.807) is 19.0 Å². The molecule has 0 aliphatic carbocycles. The van der Waals surface area contributed by atoms with E-state index in [2.05, 4.69) is 4.90 Å². The average molecular weight is 198 g/mol. The minimum atomic E-state index is 0.192. The van der Waals surface area contributed by atoms with E-state index in [9.17, 15) is 4.79 Å². The van der Waals surface area contributed by atoms with Crippen LogP contribution in [0.2, 0.25) is 0 Å². The highest BCUT2D eigenvalue weighted by Crippen LogP contribution is 2.37. The van der Waals surface area contributed by atoms with Crippen LogP contribution in [-0.2, 0) is 9.53 Å². The molecule has 0 bridgehead atoms. The lowest BCUT2D eigenvalue weighted by Gasteiger charge is -2.30. The maximum Gasteiger partial charge on any atom is 0.236 e. The molecular weight excluding hydrogens is 180 g/mol. The molecule has 4 nitrogen and oxygen atoms in total. The quantitative estimate of drug-likeness (QED) is 0.583. The third kappa shape index (κ3) is 2.07. The van der Waals surface area contributed by atoms with Crippen LogP contribution in [0.4, 0.5) is 0 Å². The minimum Gasteiger partial charge on any atom is -0.369 e. The smallest absolute Gasteiger partial charge is 0.236 e. The Morgan fingerprint density at radius 1 is 1.43 bits per heavy atom. The largest absolute Gasteiger partial charge is 0.369 e. The molecule has 2 saturated heterocycles. The number of rotatable bonds is 2. The number of hydrogen-bond donors (Lipinski definition) is 0. The number of likely N-dealkylation sites (tertiary alicyclic amines) is 1. The Bertz CT molecular complexity index is 226. The van der Waals surface area contributed by atoms with Gasteiger partial charge < -0.3 is 9.64 Å². The van der Waals surface area contributed by atoms with Gasteiger partial charge in [-0.25, -0.2) is 0 Å². The highest BCUT2D eigenvalue weighted by Gasteiger charge is 2.46. The van der Waals surface area contributed by atoms with E-state index in [4.69, 9.17) is 4.74 Å². The second-order valence-corrected chi connectivity index (χ2v) is 4.54. The average Bonchev–Trinajstić information content (AvgIpc) is 2.90. The number of carbonyl (C=O) groups is 1. The van der Waals surface area contributed by atoms with Crippen LogP contribution < -0.4 is 0 Å². The van der Waals surface area contributed by atoms with Gasteiger partial charge in [0, 0.05) is 27.2 Å². The normalized spacial score (nSPS) is 25.0. The van der Waals surface area contributed by atoms with Crippen molar-refractivity contribution in [3.05, 3.63) is 0 Å². The van der Waals surface area contributed by atoms with Gasteiger partial charge in [0.1, 0.15) is 0 Å². The Labute approximate surface area is 84.8 Å². The number of likely N-dealkylation sites (N-methyl/N-ethyl adjacent to an activating group) is 1. The molecule has 4 heteroatoms. The molecule has 0 saturated carbocycles. The van der Waals surface area contributed by atoms with E-state index in [0.717, 1.165) is 32.5 Å². The van der Waals surface area contributed by atoms with Gasteiger partial charge >= 0.3 is 0 Å². The van der Waals surface area contributed by atoms with Gasteiger partial charge in [-0.05, 0) is 12.8 Å². The predicted octanol–water partition coefficient (Wildman–Crippen LogP) is -0.0606. The number of amides is 1. The van der Waals surface area contributed by atoms with Crippen LogP contribution in [0.3, 0.4) is 0 Å². The highest BCUT2D eigenvalue weighted by atomic mass is 16.6. The van der Waals surface area contributed by atoms with Gasteiger partial charge in [0.05, 0.1) is 18.8 Å². The third-order valence-electron chi connectivity index (χ3n) is 3.18. The van der Waals surface area contributed by atoms with E-state index in [0.29, 0.717) is 6.54 Å². The summed E-state index contributed by atoms with van der Waals surface area (Å²) in [7, 11) is 3.61. The zero-order valence-electron chi connectivity index (χ0n) is 8.95. The van der Waals surface area contributed by atoms with Crippen molar-refractivity contribution in [2.24, 2.45) is 0 Å². The Balaban J connectivity index is 1.75. The van der Waals surface area contributed by atoms with Crippen LogP contribution in [0.1, 0.15) is 12.8 Å². The molecule has 1 spiro atoms. The van der Waals surface area contributed by atoms with Crippen LogP contribution in [0.25, 0.3) is 0 Å². The first kappa shape index (κ1) is 9.93. The molecule has 0 radical (unpaired) electrons. The summed E-state index contributed by atoms with van der Waals surface area (Å²) in [6.07, 6.45) is 2.18. The monoisotopic (exact) mass is 198 g/mol. The van der Waals surface area contributed by atoms with E-state index < -0.39 is 0 Å². The number of piperidine rings is 1. The SMILES string of the molecule is CN(C)C(=O)CN1CCC2(CC1)CO2. The van der Waals surface area contributed by atoms with E-state index in [1.807, 2.05) is 0 Å². The summed E-state index contributed by atoms with van der Waals surface area (Å²) < 4.78 is 5.42. The number of epoxide rings is 1. The van der Waals surface area contributed by atoms with Gasteiger partial charge in [0.25, 0.3) is 0 Å². The Kier molecular flexibility index (Phi) is 2.49. The van der Waals surface area contributed by atoms with Gasteiger partial charge in [-0.2, -0.15) is 0 Å². The first-order valence-corrected chi connectivity index (χ1v) is 5.18. The first-order valence-electron chi connectivity index (χ1n) is 5.18. The molecule has 0 N–H and O–H groups in total. The van der Waals surface area contributed by atoms with Crippen molar-refractivity contribution in [1.82, 2.24) is 9.80 Å². The van der Waals surface area contributed by atoms with Crippen molar-refractivity contribution in [1.29, 1.82) is 0 Å². The topological polar surface area (TPSA) is 36.1 Å². The fourth-order valence-electron chi connectivity index (χ4n) is 1.84. The van der Waals surface area contributed by atoms with Crippen molar-refractivity contribution >= 4 is 5.91 Å². The molecular formula is C10H18N2O2. The molecule has 0 aromatic carbocycles. The Hall–Kier alpha value is -0.610. The summed E-state index contributed by atoms with van der Waals surface area (Å²) in [5.74, 6) is 0.192. The van der Waals surface area contributed by atoms with Crippen molar-refractivity contribution < 1.29 is 9.53 Å². The molecule has 2 aliphatic rings. The summed E-state index contributed by atoms with van der Waals surface area (Å²) in [6, 6.07) is 0. The van der Waals surface area contributed by atoms with Gasteiger partial charge in [-0.15, -0.1) is 0 Å². The van der Waals surface area contributed by atoms with Crippen LogP contribution in [-0.4, -0.2) is 61.6 Å². The molecule has 2 rings (SSSR count). The van der Waals surface area contributed by atoms with Crippen molar-refractivity contribution in [3.8, 4) is 0 Å². The van der Waals surface area contributed by atoms with Crippen molar-refractivity contribution in [3.63, 3.8) is 0 Å². The summed E-state index contributed by atoms with van der Waals surface area (Å²) in [6.45, 7) is 3.49. The summed E-state index contributed by atoms with van der Waals surface area (Å²) in [4.78, 5) is 15.3. The van der Waals surface area contributed by atoms with Crippen molar-refractivity contribution in [2.75, 3.05) is 40.3 Å². The molecule has 0 aromatic rings. The van der Waals surface area contributed by atoms with Crippen LogP contribution >= 0.6 is 0 Å². The van der Waals surface area contributed by atoms with Gasteiger partial charge in [-0.3, -0.25) is 9.69 Å². The van der Waals surface area contributed by atoms with Crippen LogP contribution in [0.5, 0.6) is 0 Å². The van der Waals surface area contributed by atoms with Crippen LogP contribution in [0.15, 0.2) is 0 Å². The number of carbonyl (C=O) groups excluding carboxylic acids is 1. The lowest BCUT2D eigenvalue weighted by molar-refractivity contribution is -0.130. The number of nitrogens with zero attached hydrogens (tertiary/aromatic N) is 2. The molecule has 80 valence electrons. The van der Waals surface area contributed by atoms with Crippen LogP contribution in [0, 0.1) is 0 Å². The van der Waals surface area contributed by atoms with Gasteiger partial charge in [0.2, 0.25) is 5.91 Å². The zero-order chi connectivity index (χ0) is 10.2. The lowest BCUT2D eigenvalue weighted by atomic mass is 9.98. The maximum absolute atomic E-state index is 11.4. The number of hydrogen-bond acceptors (Lipinski definition) is 3. The third-order valence-corrected chi connectivity index (χ3v) is 3.18. The van der Waals surface area contributed by atoms with Crippen molar-refractivity contribution in [2.45, 2.75) is 18.4 Å². The lowest BCUT2D eigenvalue weighted by Crippen LogP contribution is -2.43. The predicted molar refractivity (Wildman–Crippen MR) is 53.1 cm³/mol. The molecule has 14 heavy (non-hydrogen) atoms. The second-order valence-electron chi connectivity index (χ2n) is 4.54. The van der Waals surface area contributed by atoms with E-state index in [1.165, 1.54) is 0 Å². The maximum atomic E-state index is 11.4. The van der Waals surface area contributed by atoms with Gasteiger partial charge in [0.15, 0.2) is 0 Å². The molecule has 2 fully saturated rings. The minimum absolute atomic E-state index is 0.192. The standard InChI is InChI=1S/C10H18N2O2/c1-11(2)9(13)7-12-5-3-10(4-6-12)8-14-10/h3-8H2,1-2H3. The summed E-state index contributed by atoms with van der Waals surface area (Å²) in [5.41, 5.74) is 0.220. The van der Waals surface area contributed by atoms with E-state index in [-0.39, 0.29) is 11.5 Å². The molecule has 2 aliphatic heterocycles. The van der Waals surface area contributed by atoms with Gasteiger partial charge in [-0.1, -0.05) is 0 Å².